The average Bonchev–Trinajstić information content (AvgIpc) is 3.20. The van der Waals surface area contributed by atoms with E-state index in [4.69, 9.17) is 0 Å². The number of thioether (sulfide) groups is 1. The van der Waals surface area contributed by atoms with Gasteiger partial charge in [0.15, 0.2) is 4.34 Å². The Bertz CT molecular complexity index is 1040. The summed E-state index contributed by atoms with van der Waals surface area (Å²) in [7, 11) is 0. The van der Waals surface area contributed by atoms with Crippen LogP contribution in [0.3, 0.4) is 0 Å². The van der Waals surface area contributed by atoms with Crippen LogP contribution in [0.5, 0.6) is 0 Å². The number of alkyl halides is 3. The zero-order valence-corrected chi connectivity index (χ0v) is 17.6. The van der Waals surface area contributed by atoms with Crippen LogP contribution in [-0.4, -0.2) is 34.3 Å². The number of hydrogen-bond donors (Lipinski definition) is 2. The number of carbonyl (C=O) groups excluding carboxylic acids is 2. The molecule has 0 aliphatic carbocycles. The molecule has 3 aromatic rings. The quantitative estimate of drug-likeness (QED) is 0.383. The summed E-state index contributed by atoms with van der Waals surface area (Å²) in [5, 5.41) is 13.0. The number of benzene rings is 2. The summed E-state index contributed by atoms with van der Waals surface area (Å²) in [6.07, 6.45) is -3.81. The van der Waals surface area contributed by atoms with Crippen molar-refractivity contribution in [1.29, 1.82) is 0 Å². The molecule has 162 valence electrons. The normalized spacial score (nSPS) is 11.2. The van der Waals surface area contributed by atoms with E-state index in [1.165, 1.54) is 6.07 Å². The standard InChI is InChI=1S/C20H17F3N4O2S2/c21-20(22,23)15-8-4-7-14(11-15)17(29)25-18-26-27-19(31-18)30-12-16(28)24-10-9-13-5-2-1-3-6-13/h1-8,11H,9-10,12H2,(H,24,28)(H,25,26,29). The Balaban J connectivity index is 1.45. The maximum atomic E-state index is 12.8. The predicted molar refractivity (Wildman–Crippen MR) is 113 cm³/mol. The third kappa shape index (κ3) is 7.07. The van der Waals surface area contributed by atoms with Crippen molar-refractivity contribution in [2.24, 2.45) is 0 Å². The number of carbonyl (C=O) groups is 2. The summed E-state index contributed by atoms with van der Waals surface area (Å²) in [5.41, 5.74) is 0.0738. The second-order valence-corrected chi connectivity index (χ2v) is 8.48. The fourth-order valence-electron chi connectivity index (χ4n) is 2.49. The van der Waals surface area contributed by atoms with Gasteiger partial charge in [-0.1, -0.05) is 59.5 Å². The molecule has 0 spiro atoms. The first kappa shape index (κ1) is 22.8. The molecule has 31 heavy (non-hydrogen) atoms. The second-order valence-electron chi connectivity index (χ2n) is 6.28. The minimum Gasteiger partial charge on any atom is -0.355 e. The van der Waals surface area contributed by atoms with Gasteiger partial charge >= 0.3 is 6.18 Å². The largest absolute Gasteiger partial charge is 0.416 e. The highest BCUT2D eigenvalue weighted by molar-refractivity contribution is 8.01. The Morgan fingerprint density at radius 2 is 1.81 bits per heavy atom. The van der Waals surface area contributed by atoms with Crippen LogP contribution in [0.2, 0.25) is 0 Å². The van der Waals surface area contributed by atoms with Crippen LogP contribution in [0.1, 0.15) is 21.5 Å². The maximum absolute atomic E-state index is 12.8. The van der Waals surface area contributed by atoms with Crippen LogP contribution in [0.25, 0.3) is 0 Å². The molecule has 0 atom stereocenters. The van der Waals surface area contributed by atoms with E-state index in [0.717, 1.165) is 53.3 Å². The van der Waals surface area contributed by atoms with Gasteiger partial charge in [-0.15, -0.1) is 10.2 Å². The Morgan fingerprint density at radius 3 is 2.55 bits per heavy atom. The molecule has 3 rings (SSSR count). The number of anilines is 1. The summed E-state index contributed by atoms with van der Waals surface area (Å²) < 4.78 is 38.8. The molecule has 2 aromatic carbocycles. The van der Waals surface area contributed by atoms with Crippen LogP contribution in [0.4, 0.5) is 18.3 Å². The lowest BCUT2D eigenvalue weighted by Gasteiger charge is -2.08. The molecule has 0 saturated heterocycles. The minimum atomic E-state index is -4.54. The van der Waals surface area contributed by atoms with Crippen LogP contribution in [0, 0.1) is 0 Å². The van der Waals surface area contributed by atoms with E-state index in [1.807, 2.05) is 30.3 Å². The van der Waals surface area contributed by atoms with Crippen molar-refractivity contribution in [1.82, 2.24) is 15.5 Å². The van der Waals surface area contributed by atoms with Crippen molar-refractivity contribution in [3.05, 3.63) is 71.3 Å². The third-order valence-electron chi connectivity index (χ3n) is 3.98. The Morgan fingerprint density at radius 1 is 1.03 bits per heavy atom. The molecule has 0 aliphatic rings. The molecule has 6 nitrogen and oxygen atoms in total. The topological polar surface area (TPSA) is 84.0 Å². The zero-order chi connectivity index (χ0) is 22.3. The average molecular weight is 467 g/mol. The first-order chi connectivity index (χ1) is 14.8. The van der Waals surface area contributed by atoms with E-state index in [9.17, 15) is 22.8 Å². The van der Waals surface area contributed by atoms with Gasteiger partial charge in [-0.2, -0.15) is 13.2 Å². The van der Waals surface area contributed by atoms with Gasteiger partial charge in [0.1, 0.15) is 0 Å². The molecular formula is C20H17F3N4O2S2. The number of nitrogens with one attached hydrogen (secondary N) is 2. The molecule has 1 heterocycles. The van der Waals surface area contributed by atoms with Crippen LogP contribution in [0.15, 0.2) is 58.9 Å². The van der Waals surface area contributed by atoms with Crippen molar-refractivity contribution < 1.29 is 22.8 Å². The first-order valence-corrected chi connectivity index (χ1v) is 10.9. The maximum Gasteiger partial charge on any atom is 0.416 e. The van der Waals surface area contributed by atoms with Crippen molar-refractivity contribution in [2.75, 3.05) is 17.6 Å². The fraction of sp³-hybridized carbons (Fsp3) is 0.200. The molecule has 0 bridgehead atoms. The number of nitrogens with zero attached hydrogens (tertiary/aromatic N) is 2. The lowest BCUT2D eigenvalue weighted by atomic mass is 10.1. The van der Waals surface area contributed by atoms with Crippen molar-refractivity contribution >= 4 is 40.0 Å². The third-order valence-corrected chi connectivity index (χ3v) is 5.96. The molecule has 2 N–H and O–H groups in total. The number of amides is 2. The van der Waals surface area contributed by atoms with Gasteiger partial charge in [-0.05, 0) is 30.2 Å². The van der Waals surface area contributed by atoms with E-state index in [2.05, 4.69) is 20.8 Å². The van der Waals surface area contributed by atoms with Gasteiger partial charge in [-0.25, -0.2) is 0 Å². The monoisotopic (exact) mass is 466 g/mol. The molecule has 2 amide bonds. The number of aromatic nitrogens is 2. The lowest BCUT2D eigenvalue weighted by Crippen LogP contribution is -2.27. The van der Waals surface area contributed by atoms with Gasteiger partial charge in [0.25, 0.3) is 5.91 Å². The summed E-state index contributed by atoms with van der Waals surface area (Å²) >= 11 is 2.19. The Hall–Kier alpha value is -2.92. The van der Waals surface area contributed by atoms with Gasteiger partial charge in [0, 0.05) is 12.1 Å². The fourth-order valence-corrected chi connectivity index (χ4v) is 4.07. The molecule has 0 saturated carbocycles. The summed E-state index contributed by atoms with van der Waals surface area (Å²) in [5.74, 6) is -0.756. The SMILES string of the molecule is O=C(CSc1nnc(NC(=O)c2cccc(C(F)(F)F)c2)s1)NCCc1ccccc1. The molecule has 0 aliphatic heterocycles. The molecule has 0 fully saturated rings. The van der Waals surface area contributed by atoms with E-state index in [1.54, 1.807) is 0 Å². The van der Waals surface area contributed by atoms with E-state index in [0.29, 0.717) is 10.9 Å². The van der Waals surface area contributed by atoms with Crippen LogP contribution in [-0.2, 0) is 17.4 Å². The highest BCUT2D eigenvalue weighted by Gasteiger charge is 2.31. The van der Waals surface area contributed by atoms with Crippen molar-refractivity contribution in [2.45, 2.75) is 16.9 Å². The van der Waals surface area contributed by atoms with E-state index >= 15 is 0 Å². The second kappa shape index (κ2) is 10.4. The highest BCUT2D eigenvalue weighted by Crippen LogP contribution is 2.30. The molecule has 11 heteroatoms. The number of halogens is 3. The Kier molecular flexibility index (Phi) is 7.64. The summed E-state index contributed by atoms with van der Waals surface area (Å²) in [6.45, 7) is 0.512. The van der Waals surface area contributed by atoms with Crippen molar-refractivity contribution in [3.8, 4) is 0 Å². The van der Waals surface area contributed by atoms with Crippen LogP contribution < -0.4 is 10.6 Å². The van der Waals surface area contributed by atoms with Crippen molar-refractivity contribution in [3.63, 3.8) is 0 Å². The van der Waals surface area contributed by atoms with Gasteiger partial charge in [-0.3, -0.25) is 14.9 Å². The van der Waals surface area contributed by atoms with Crippen LogP contribution >= 0.6 is 23.1 Å². The number of rotatable bonds is 8. The highest BCUT2D eigenvalue weighted by atomic mass is 32.2. The summed E-state index contributed by atoms with van der Waals surface area (Å²) in [4.78, 5) is 24.1. The van der Waals surface area contributed by atoms with E-state index in [-0.39, 0.29) is 22.4 Å². The van der Waals surface area contributed by atoms with E-state index < -0.39 is 17.6 Å². The smallest absolute Gasteiger partial charge is 0.355 e. The first-order valence-electron chi connectivity index (χ1n) is 9.07. The van der Waals surface area contributed by atoms with Gasteiger partial charge in [0.05, 0.1) is 11.3 Å². The Labute approximate surface area is 184 Å². The molecule has 0 radical (unpaired) electrons. The molecular weight excluding hydrogens is 449 g/mol. The summed E-state index contributed by atoms with van der Waals surface area (Å²) in [6, 6.07) is 13.9. The molecule has 1 aromatic heterocycles. The van der Waals surface area contributed by atoms with Gasteiger partial charge in [0.2, 0.25) is 11.0 Å². The zero-order valence-electron chi connectivity index (χ0n) is 16.0. The number of hydrogen-bond acceptors (Lipinski definition) is 6. The molecule has 0 unspecified atom stereocenters. The lowest BCUT2D eigenvalue weighted by molar-refractivity contribution is -0.137. The minimum absolute atomic E-state index is 0.130. The predicted octanol–water partition coefficient (Wildman–Crippen LogP) is 4.26. The van der Waals surface area contributed by atoms with Gasteiger partial charge < -0.3 is 5.32 Å².